The van der Waals surface area contributed by atoms with Gasteiger partial charge in [0.1, 0.15) is 0 Å². The molecule has 0 unspecified atom stereocenters. The Hall–Kier alpha value is -1.60. The van der Waals surface area contributed by atoms with Crippen molar-refractivity contribution >= 4 is 23.1 Å². The van der Waals surface area contributed by atoms with E-state index in [1.54, 1.807) is 0 Å². The lowest BCUT2D eigenvalue weighted by Crippen LogP contribution is -2.46. The summed E-state index contributed by atoms with van der Waals surface area (Å²) in [5, 5.41) is 16.5. The Morgan fingerprint density at radius 2 is 2.30 bits per heavy atom. The molecular weight excluding hydrogens is 276 g/mol. The van der Waals surface area contributed by atoms with Gasteiger partial charge in [-0.1, -0.05) is 5.16 Å². The summed E-state index contributed by atoms with van der Waals surface area (Å²) < 4.78 is 0. The third-order valence-corrected chi connectivity index (χ3v) is 4.52. The zero-order valence-electron chi connectivity index (χ0n) is 11.5. The van der Waals surface area contributed by atoms with Crippen LogP contribution in [0.4, 0.5) is 0 Å². The second-order valence-electron chi connectivity index (χ2n) is 5.05. The number of nitrogens with one attached hydrogen (secondary N) is 1. The maximum Gasteiger partial charge on any atom is 0.261 e. The van der Waals surface area contributed by atoms with Crippen LogP contribution < -0.4 is 11.1 Å². The molecule has 0 atom stereocenters. The zero-order chi connectivity index (χ0) is 14.5. The summed E-state index contributed by atoms with van der Waals surface area (Å²) in [6.07, 6.45) is 1.77. The first-order valence-corrected chi connectivity index (χ1v) is 7.52. The molecule has 7 heteroatoms. The molecule has 20 heavy (non-hydrogen) atoms. The molecule has 0 radical (unpaired) electrons. The van der Waals surface area contributed by atoms with Crippen LogP contribution >= 0.6 is 11.3 Å². The van der Waals surface area contributed by atoms with Gasteiger partial charge in [0.05, 0.1) is 11.4 Å². The number of carbonyl (C=O) groups excluding carboxylic acids is 1. The monoisotopic (exact) mass is 296 g/mol. The number of piperidine rings is 1. The minimum absolute atomic E-state index is 0.0207. The van der Waals surface area contributed by atoms with E-state index in [1.807, 2.05) is 18.4 Å². The van der Waals surface area contributed by atoms with E-state index in [1.165, 1.54) is 11.3 Å². The summed E-state index contributed by atoms with van der Waals surface area (Å²) in [4.78, 5) is 15.0. The number of amides is 1. The highest BCUT2D eigenvalue weighted by Gasteiger charge is 2.22. The molecule has 0 aliphatic carbocycles. The minimum Gasteiger partial charge on any atom is -0.409 e. The van der Waals surface area contributed by atoms with Crippen LogP contribution in [-0.4, -0.2) is 47.5 Å². The summed E-state index contributed by atoms with van der Waals surface area (Å²) in [6.45, 7) is 4.10. The van der Waals surface area contributed by atoms with Gasteiger partial charge in [0, 0.05) is 19.1 Å². The second-order valence-corrected chi connectivity index (χ2v) is 5.96. The van der Waals surface area contributed by atoms with Gasteiger partial charge in [-0.3, -0.25) is 9.69 Å². The Kier molecular flexibility index (Phi) is 4.97. The molecule has 1 aliphatic rings. The molecule has 0 aromatic carbocycles. The SMILES string of the molecule is Cc1ccsc1C(=O)NC1CCN(CC(N)=NO)CC1. The van der Waals surface area contributed by atoms with Gasteiger partial charge in [0.2, 0.25) is 0 Å². The quantitative estimate of drug-likeness (QED) is 0.334. The Balaban J connectivity index is 1.80. The molecule has 2 heterocycles. The highest BCUT2D eigenvalue weighted by atomic mass is 32.1. The molecule has 110 valence electrons. The molecule has 4 N–H and O–H groups in total. The number of nitrogens with zero attached hydrogens (tertiary/aromatic N) is 2. The van der Waals surface area contributed by atoms with E-state index in [4.69, 9.17) is 10.9 Å². The fourth-order valence-electron chi connectivity index (χ4n) is 2.35. The fraction of sp³-hybridized carbons (Fsp3) is 0.538. The smallest absolute Gasteiger partial charge is 0.261 e. The number of carbonyl (C=O) groups is 1. The third kappa shape index (κ3) is 3.71. The molecule has 0 bridgehead atoms. The second kappa shape index (κ2) is 6.71. The van der Waals surface area contributed by atoms with Crippen molar-refractivity contribution < 1.29 is 10.0 Å². The summed E-state index contributed by atoms with van der Waals surface area (Å²) in [5.74, 6) is 0.245. The van der Waals surface area contributed by atoms with Crippen molar-refractivity contribution in [3.05, 3.63) is 21.9 Å². The predicted molar refractivity (Wildman–Crippen MR) is 79.4 cm³/mol. The first kappa shape index (κ1) is 14.8. The average Bonchev–Trinajstić information content (AvgIpc) is 2.87. The van der Waals surface area contributed by atoms with Gasteiger partial charge in [-0.15, -0.1) is 11.3 Å². The van der Waals surface area contributed by atoms with Crippen LogP contribution in [0.25, 0.3) is 0 Å². The average molecular weight is 296 g/mol. The van der Waals surface area contributed by atoms with Gasteiger partial charge >= 0.3 is 0 Å². The predicted octanol–water partition coefficient (Wildman–Crippen LogP) is 0.997. The van der Waals surface area contributed by atoms with Crippen molar-refractivity contribution in [3.8, 4) is 0 Å². The number of aryl methyl sites for hydroxylation is 1. The molecule has 1 saturated heterocycles. The highest BCUT2D eigenvalue weighted by molar-refractivity contribution is 7.12. The third-order valence-electron chi connectivity index (χ3n) is 3.51. The molecule has 6 nitrogen and oxygen atoms in total. The summed E-state index contributed by atoms with van der Waals surface area (Å²) >= 11 is 1.48. The summed E-state index contributed by atoms with van der Waals surface area (Å²) in [6, 6.07) is 2.16. The van der Waals surface area contributed by atoms with Crippen LogP contribution in [0.3, 0.4) is 0 Å². The molecule has 0 spiro atoms. The summed E-state index contributed by atoms with van der Waals surface area (Å²) in [7, 11) is 0. The number of amidine groups is 1. The van der Waals surface area contributed by atoms with Crippen molar-refractivity contribution in [2.24, 2.45) is 10.9 Å². The van der Waals surface area contributed by atoms with E-state index in [-0.39, 0.29) is 17.8 Å². The molecule has 1 aromatic heterocycles. The number of hydrogen-bond acceptors (Lipinski definition) is 5. The van der Waals surface area contributed by atoms with Crippen LogP contribution in [0.2, 0.25) is 0 Å². The molecular formula is C13H20N4O2S. The Bertz CT molecular complexity index is 492. The largest absolute Gasteiger partial charge is 0.409 e. The van der Waals surface area contributed by atoms with Crippen molar-refractivity contribution in [2.75, 3.05) is 19.6 Å². The molecule has 1 fully saturated rings. The number of likely N-dealkylation sites (tertiary alicyclic amines) is 1. The number of nitrogens with two attached hydrogens (primary N) is 1. The van der Waals surface area contributed by atoms with Gasteiger partial charge in [-0.25, -0.2) is 0 Å². The lowest BCUT2D eigenvalue weighted by molar-refractivity contribution is 0.0918. The van der Waals surface area contributed by atoms with Gasteiger partial charge in [0.15, 0.2) is 5.84 Å². The molecule has 1 aliphatic heterocycles. The lowest BCUT2D eigenvalue weighted by Gasteiger charge is -2.31. The van der Waals surface area contributed by atoms with Gasteiger partial charge in [-0.05, 0) is 36.8 Å². The molecule has 1 amide bonds. The van der Waals surface area contributed by atoms with E-state index in [2.05, 4.69) is 15.4 Å². The number of rotatable bonds is 4. The van der Waals surface area contributed by atoms with Gasteiger partial charge < -0.3 is 16.3 Å². The van der Waals surface area contributed by atoms with Crippen molar-refractivity contribution in [2.45, 2.75) is 25.8 Å². The normalized spacial score (nSPS) is 18.1. The molecule has 1 aromatic rings. The fourth-order valence-corrected chi connectivity index (χ4v) is 3.18. The number of thiophene rings is 1. The van der Waals surface area contributed by atoms with Crippen molar-refractivity contribution in [1.82, 2.24) is 10.2 Å². The Morgan fingerprint density at radius 1 is 1.60 bits per heavy atom. The van der Waals surface area contributed by atoms with Crippen LogP contribution in [0.5, 0.6) is 0 Å². The van der Waals surface area contributed by atoms with Crippen LogP contribution in [0.15, 0.2) is 16.6 Å². The number of hydrogen-bond donors (Lipinski definition) is 3. The zero-order valence-corrected chi connectivity index (χ0v) is 12.3. The van der Waals surface area contributed by atoms with Gasteiger partial charge in [0.25, 0.3) is 5.91 Å². The summed E-state index contributed by atoms with van der Waals surface area (Å²) in [5.41, 5.74) is 6.51. The van der Waals surface area contributed by atoms with Crippen LogP contribution in [-0.2, 0) is 0 Å². The van der Waals surface area contributed by atoms with Gasteiger partial charge in [-0.2, -0.15) is 0 Å². The standard InChI is InChI=1S/C13H20N4O2S/c1-9-4-7-20-12(9)13(18)15-10-2-5-17(6-3-10)8-11(14)16-19/h4,7,10,19H,2-3,5-6,8H2,1H3,(H2,14,16)(H,15,18). The van der Waals surface area contributed by atoms with Crippen LogP contribution in [0.1, 0.15) is 28.1 Å². The van der Waals surface area contributed by atoms with E-state index < -0.39 is 0 Å². The topological polar surface area (TPSA) is 91.0 Å². The maximum absolute atomic E-state index is 12.1. The van der Waals surface area contributed by atoms with Crippen molar-refractivity contribution in [1.29, 1.82) is 0 Å². The van der Waals surface area contributed by atoms with E-state index in [0.717, 1.165) is 36.4 Å². The minimum atomic E-state index is 0.0207. The number of oxime groups is 1. The highest BCUT2D eigenvalue weighted by Crippen LogP contribution is 2.17. The van der Waals surface area contributed by atoms with E-state index in [9.17, 15) is 4.79 Å². The van der Waals surface area contributed by atoms with E-state index >= 15 is 0 Å². The van der Waals surface area contributed by atoms with Crippen LogP contribution in [0, 0.1) is 6.92 Å². The first-order valence-electron chi connectivity index (χ1n) is 6.64. The molecule has 2 rings (SSSR count). The lowest BCUT2D eigenvalue weighted by atomic mass is 10.0. The van der Waals surface area contributed by atoms with E-state index in [0.29, 0.717) is 6.54 Å². The first-order chi connectivity index (χ1) is 9.60. The Labute approximate surface area is 122 Å². The molecule has 0 saturated carbocycles. The Morgan fingerprint density at radius 3 is 2.85 bits per heavy atom. The van der Waals surface area contributed by atoms with Crippen molar-refractivity contribution in [3.63, 3.8) is 0 Å². The maximum atomic E-state index is 12.1.